The summed E-state index contributed by atoms with van der Waals surface area (Å²) in [4.78, 5) is 0. The monoisotopic (exact) mass is 378 g/mol. The maximum Gasteiger partial charge on any atom is 0.453 e. The van der Waals surface area contributed by atoms with Crippen molar-refractivity contribution in [1.82, 2.24) is 0 Å². The van der Waals surface area contributed by atoms with Crippen molar-refractivity contribution in [3.05, 3.63) is 0 Å². The molecule has 15 heteroatoms. The van der Waals surface area contributed by atoms with Crippen LogP contribution in [0.2, 0.25) is 0 Å². The van der Waals surface area contributed by atoms with Crippen LogP contribution in [-0.4, -0.2) is 48.0 Å². The number of halogens is 12. The molecule has 0 spiro atoms. The van der Waals surface area contributed by atoms with Crippen molar-refractivity contribution in [3.63, 3.8) is 0 Å². The van der Waals surface area contributed by atoms with Crippen molar-refractivity contribution < 1.29 is 67.3 Å². The molecule has 0 aliphatic rings. The van der Waals surface area contributed by atoms with E-state index in [0.29, 0.717) is 0 Å². The first-order valence-electron chi connectivity index (χ1n) is 5.01. The Labute approximate surface area is 118 Å². The summed E-state index contributed by atoms with van der Waals surface area (Å²) in [5.41, 5.74) is 0. The molecule has 2 unspecified atom stereocenters. The Morgan fingerprint density at radius 3 is 1.22 bits per heavy atom. The normalized spacial score (nSPS) is 18.0. The lowest BCUT2D eigenvalue weighted by atomic mass is 10.2. The average Bonchev–Trinajstić information content (AvgIpc) is 2.21. The lowest BCUT2D eigenvalue weighted by molar-refractivity contribution is -0.519. The smallest absolute Gasteiger partial charge is 0.332 e. The molecule has 0 aliphatic carbocycles. The molecule has 0 aromatic rings. The number of hydrogen-bond donors (Lipinski definition) is 1. The SMILES string of the molecule is CC(F)(F)C(F)OC(OC(F)C(O)(F)F)(C(F)(F)F)C(F)(F)F. The Morgan fingerprint density at radius 1 is 0.696 bits per heavy atom. The molecule has 0 saturated heterocycles. The molecule has 0 amide bonds. The van der Waals surface area contributed by atoms with Gasteiger partial charge in [0.05, 0.1) is 0 Å². The molecule has 140 valence electrons. The molecule has 0 heterocycles. The van der Waals surface area contributed by atoms with Gasteiger partial charge in [-0.1, -0.05) is 0 Å². The van der Waals surface area contributed by atoms with Crippen molar-refractivity contribution in [2.45, 2.75) is 49.8 Å². The van der Waals surface area contributed by atoms with Crippen LogP contribution in [-0.2, 0) is 9.47 Å². The van der Waals surface area contributed by atoms with Gasteiger partial charge in [0.25, 0.3) is 18.6 Å². The molecule has 3 nitrogen and oxygen atoms in total. The van der Waals surface area contributed by atoms with Gasteiger partial charge in [-0.3, -0.25) is 9.47 Å². The van der Waals surface area contributed by atoms with Crippen LogP contribution in [0.3, 0.4) is 0 Å². The minimum absolute atomic E-state index is 0.511. The molecule has 0 aliphatic heterocycles. The number of ether oxygens (including phenoxy) is 2. The molecular formula is C8H6F12O3. The predicted molar refractivity (Wildman–Crippen MR) is 44.6 cm³/mol. The summed E-state index contributed by atoms with van der Waals surface area (Å²) in [5.74, 6) is -11.5. The average molecular weight is 378 g/mol. The van der Waals surface area contributed by atoms with Gasteiger partial charge >= 0.3 is 24.2 Å². The molecule has 0 aromatic heterocycles. The largest absolute Gasteiger partial charge is 0.453 e. The maximum atomic E-state index is 12.8. The first kappa shape index (κ1) is 22.0. The van der Waals surface area contributed by atoms with Crippen molar-refractivity contribution in [2.24, 2.45) is 0 Å². The van der Waals surface area contributed by atoms with Crippen LogP contribution in [0.5, 0.6) is 0 Å². The second-order valence-electron chi connectivity index (χ2n) is 4.02. The van der Waals surface area contributed by atoms with Gasteiger partial charge in [-0.25, -0.2) is 17.6 Å². The highest BCUT2D eigenvalue weighted by atomic mass is 19.4. The van der Waals surface area contributed by atoms with E-state index in [0.717, 1.165) is 0 Å². The molecule has 0 bridgehead atoms. The summed E-state index contributed by atoms with van der Waals surface area (Å²) < 4.78 is 154. The van der Waals surface area contributed by atoms with Gasteiger partial charge in [0, 0.05) is 6.92 Å². The lowest BCUT2D eigenvalue weighted by Gasteiger charge is -2.38. The van der Waals surface area contributed by atoms with Crippen LogP contribution in [0, 0.1) is 0 Å². The van der Waals surface area contributed by atoms with Gasteiger partial charge in [0.1, 0.15) is 0 Å². The summed E-state index contributed by atoms with van der Waals surface area (Å²) in [7, 11) is 0. The van der Waals surface area contributed by atoms with Crippen molar-refractivity contribution in [3.8, 4) is 0 Å². The van der Waals surface area contributed by atoms with E-state index in [9.17, 15) is 52.7 Å². The summed E-state index contributed by atoms with van der Waals surface area (Å²) in [6.45, 7) is -0.511. The predicted octanol–water partition coefficient (Wildman–Crippen LogP) is 3.67. The van der Waals surface area contributed by atoms with Gasteiger partial charge in [0.2, 0.25) is 0 Å². The van der Waals surface area contributed by atoms with Gasteiger partial charge in [-0.15, -0.1) is 0 Å². The van der Waals surface area contributed by atoms with Gasteiger partial charge in [-0.2, -0.15) is 35.1 Å². The van der Waals surface area contributed by atoms with Crippen molar-refractivity contribution in [1.29, 1.82) is 0 Å². The minimum Gasteiger partial charge on any atom is -0.332 e. The molecule has 0 radical (unpaired) electrons. The third-order valence-electron chi connectivity index (χ3n) is 1.96. The number of rotatable bonds is 6. The molecule has 23 heavy (non-hydrogen) atoms. The van der Waals surface area contributed by atoms with E-state index in [1.807, 2.05) is 0 Å². The fourth-order valence-corrected chi connectivity index (χ4v) is 0.922. The minimum atomic E-state index is -7.03. The van der Waals surface area contributed by atoms with E-state index in [2.05, 4.69) is 9.47 Å². The highest BCUT2D eigenvalue weighted by Gasteiger charge is 2.78. The molecular weight excluding hydrogens is 372 g/mol. The van der Waals surface area contributed by atoms with Crippen LogP contribution in [0.4, 0.5) is 52.7 Å². The molecule has 1 N–H and O–H groups in total. The van der Waals surface area contributed by atoms with Gasteiger partial charge < -0.3 is 5.11 Å². The summed E-state index contributed by atoms with van der Waals surface area (Å²) in [6.07, 6.45) is -29.7. The standard InChI is InChI=1S/C8H6F12O3/c1-4(11,12)2(9)22-6(7(15,16)17,8(18,19)20)23-3(10)5(13,14)21/h2-3,21H,1H3. The molecule has 0 aromatic carbocycles. The Morgan fingerprint density at radius 2 is 1.00 bits per heavy atom. The van der Waals surface area contributed by atoms with Crippen molar-refractivity contribution in [2.75, 3.05) is 0 Å². The van der Waals surface area contributed by atoms with Gasteiger partial charge in [-0.05, 0) is 0 Å². The number of hydrogen-bond acceptors (Lipinski definition) is 3. The van der Waals surface area contributed by atoms with E-state index in [1.165, 1.54) is 0 Å². The second-order valence-corrected chi connectivity index (χ2v) is 4.02. The summed E-state index contributed by atoms with van der Waals surface area (Å²) in [6, 6.07) is 0. The topological polar surface area (TPSA) is 38.7 Å². The molecule has 0 fully saturated rings. The second kappa shape index (κ2) is 6.16. The maximum absolute atomic E-state index is 12.8. The third kappa shape index (κ3) is 5.00. The highest BCUT2D eigenvalue weighted by molar-refractivity contribution is 4.90. The molecule has 0 rings (SSSR count). The van der Waals surface area contributed by atoms with E-state index in [1.54, 1.807) is 0 Å². The quantitative estimate of drug-likeness (QED) is 0.566. The Balaban J connectivity index is 6.04. The van der Waals surface area contributed by atoms with E-state index in [-0.39, 0.29) is 0 Å². The summed E-state index contributed by atoms with van der Waals surface area (Å²) >= 11 is 0. The van der Waals surface area contributed by atoms with E-state index >= 15 is 0 Å². The first-order chi connectivity index (χ1) is 9.76. The Kier molecular flexibility index (Phi) is 5.90. The fraction of sp³-hybridized carbons (Fsp3) is 1.00. The molecule has 2 atom stereocenters. The third-order valence-corrected chi connectivity index (χ3v) is 1.96. The highest BCUT2D eigenvalue weighted by Crippen LogP contribution is 2.50. The van der Waals surface area contributed by atoms with Crippen LogP contribution >= 0.6 is 0 Å². The Bertz CT molecular complexity index is 353. The zero-order chi connectivity index (χ0) is 19.1. The van der Waals surface area contributed by atoms with E-state index in [4.69, 9.17) is 5.11 Å². The zero-order valence-corrected chi connectivity index (χ0v) is 10.5. The first-order valence-corrected chi connectivity index (χ1v) is 5.01. The van der Waals surface area contributed by atoms with Crippen LogP contribution in [0.15, 0.2) is 0 Å². The van der Waals surface area contributed by atoms with Crippen LogP contribution in [0.1, 0.15) is 6.92 Å². The van der Waals surface area contributed by atoms with Crippen LogP contribution < -0.4 is 0 Å². The lowest BCUT2D eigenvalue weighted by Crippen LogP contribution is -2.64. The number of alkyl halides is 12. The zero-order valence-electron chi connectivity index (χ0n) is 10.5. The molecule has 0 saturated carbocycles. The Hall–Kier alpha value is -0.960. The van der Waals surface area contributed by atoms with Crippen molar-refractivity contribution >= 4 is 0 Å². The van der Waals surface area contributed by atoms with Crippen LogP contribution in [0.25, 0.3) is 0 Å². The summed E-state index contributed by atoms with van der Waals surface area (Å²) in [5, 5.41) is 7.71. The van der Waals surface area contributed by atoms with Gasteiger partial charge in [0.15, 0.2) is 0 Å². The fourth-order valence-electron chi connectivity index (χ4n) is 0.922. The number of aliphatic hydroxyl groups is 1. The van der Waals surface area contributed by atoms with E-state index < -0.39 is 49.8 Å².